The lowest BCUT2D eigenvalue weighted by molar-refractivity contribution is -0.312. The van der Waals surface area contributed by atoms with Crippen molar-refractivity contribution < 1.29 is 33.7 Å². The lowest BCUT2D eigenvalue weighted by Gasteiger charge is -2.29. The second-order valence-electron chi connectivity index (χ2n) is 7.10. The molecule has 10 heteroatoms. The molecule has 0 saturated carbocycles. The third-order valence-corrected chi connectivity index (χ3v) is 5.01. The van der Waals surface area contributed by atoms with E-state index in [4.69, 9.17) is 26.4 Å². The number of carbonyl (C=O) groups excluding carboxylic acids is 3. The summed E-state index contributed by atoms with van der Waals surface area (Å²) in [5.74, 6) is -1.52. The molecule has 1 atom stereocenters. The van der Waals surface area contributed by atoms with Crippen molar-refractivity contribution in [1.82, 2.24) is 5.32 Å². The van der Waals surface area contributed by atoms with E-state index in [1.165, 1.54) is 24.0 Å². The molecule has 1 N–H and O–H groups in total. The summed E-state index contributed by atoms with van der Waals surface area (Å²) in [6, 6.07) is 11.4. The molecule has 9 nitrogen and oxygen atoms in total. The van der Waals surface area contributed by atoms with Crippen LogP contribution < -0.4 is 29.5 Å². The minimum absolute atomic E-state index is 0.0358. The smallest absolute Gasteiger partial charge is 0.270 e. The third-order valence-electron chi connectivity index (χ3n) is 4.72. The second kappa shape index (κ2) is 10.8. The molecule has 1 heterocycles. The Hall–Kier alpha value is -3.92. The van der Waals surface area contributed by atoms with E-state index in [9.17, 15) is 19.5 Å². The lowest BCUT2D eigenvalue weighted by atomic mass is 10.1. The monoisotopic (exact) mass is 483 g/mol. The molecule has 1 fully saturated rings. The van der Waals surface area contributed by atoms with Crippen molar-refractivity contribution in [1.29, 1.82) is 0 Å². The number of amides is 2. The molecule has 34 heavy (non-hydrogen) atoms. The number of carboxylic acids is 1. The van der Waals surface area contributed by atoms with Gasteiger partial charge in [0.2, 0.25) is 0 Å². The van der Waals surface area contributed by atoms with Crippen molar-refractivity contribution in [3.63, 3.8) is 0 Å². The fraction of sp³-hybridized carbons (Fsp3) is 0.250. The highest BCUT2D eigenvalue weighted by Gasteiger charge is 2.34. The maximum atomic E-state index is 13.2. The summed E-state index contributed by atoms with van der Waals surface area (Å²) >= 11 is 5.22. The zero-order chi connectivity index (χ0) is 24.8. The van der Waals surface area contributed by atoms with Crippen LogP contribution in [0, 0.1) is 0 Å². The van der Waals surface area contributed by atoms with E-state index in [2.05, 4.69) is 5.32 Å². The molecule has 2 aromatic carbocycles. The Bertz CT molecular complexity index is 1140. The Morgan fingerprint density at radius 3 is 2.38 bits per heavy atom. The van der Waals surface area contributed by atoms with Crippen LogP contribution in [0.25, 0.3) is 6.08 Å². The highest BCUT2D eigenvalue weighted by molar-refractivity contribution is 7.80. The number of rotatable bonds is 9. The number of carboxylic acid groups (broad SMARTS) is 1. The lowest BCUT2D eigenvalue weighted by Crippen LogP contribution is -2.54. The van der Waals surface area contributed by atoms with Gasteiger partial charge in [0.15, 0.2) is 16.6 Å². The van der Waals surface area contributed by atoms with Gasteiger partial charge in [0.05, 0.1) is 24.9 Å². The van der Waals surface area contributed by atoms with Gasteiger partial charge in [-0.05, 0) is 81.0 Å². The molecule has 0 aliphatic carbocycles. The summed E-state index contributed by atoms with van der Waals surface area (Å²) in [6.07, 6.45) is 0.202. The van der Waals surface area contributed by atoms with Crippen molar-refractivity contribution >= 4 is 46.9 Å². The van der Waals surface area contributed by atoms with E-state index in [1.807, 2.05) is 6.92 Å². The Labute approximate surface area is 201 Å². The molecule has 0 unspecified atom stereocenters. The average molecular weight is 484 g/mol. The maximum absolute atomic E-state index is 13.2. The molecule has 1 aliphatic rings. The number of benzene rings is 2. The van der Waals surface area contributed by atoms with Crippen LogP contribution in [0.2, 0.25) is 0 Å². The van der Waals surface area contributed by atoms with Crippen molar-refractivity contribution in [3.05, 3.63) is 53.6 Å². The number of thiocarbonyl (C=S) groups is 1. The SMILES string of the molecule is CCOc1ccc(N2C(=O)/C(=C\c3ccc(O[C@@H](C)C(=O)[O-])c(OCC)c3)C(=O)NC2=S)cc1. The Kier molecular flexibility index (Phi) is 7.85. The Balaban J connectivity index is 1.93. The first-order valence-corrected chi connectivity index (χ1v) is 10.9. The average Bonchev–Trinajstić information content (AvgIpc) is 2.79. The minimum Gasteiger partial charge on any atom is -0.546 e. The summed E-state index contributed by atoms with van der Waals surface area (Å²) in [5.41, 5.74) is 0.802. The van der Waals surface area contributed by atoms with Crippen molar-refractivity contribution in [2.24, 2.45) is 0 Å². The van der Waals surface area contributed by atoms with Crippen LogP contribution in [0.5, 0.6) is 17.2 Å². The number of hydrogen-bond donors (Lipinski definition) is 1. The highest BCUT2D eigenvalue weighted by atomic mass is 32.1. The van der Waals surface area contributed by atoms with Crippen LogP contribution in [-0.4, -0.2) is 42.2 Å². The number of aliphatic carboxylic acids is 1. The van der Waals surface area contributed by atoms with E-state index in [-0.39, 0.29) is 28.8 Å². The van der Waals surface area contributed by atoms with Gasteiger partial charge in [-0.25, -0.2) is 0 Å². The number of carbonyl (C=O) groups is 3. The first-order valence-electron chi connectivity index (χ1n) is 10.5. The van der Waals surface area contributed by atoms with Gasteiger partial charge in [-0.3, -0.25) is 19.8 Å². The molecule has 2 amide bonds. The first-order chi connectivity index (χ1) is 16.2. The van der Waals surface area contributed by atoms with Crippen LogP contribution in [-0.2, 0) is 14.4 Å². The van der Waals surface area contributed by atoms with Gasteiger partial charge in [0.25, 0.3) is 11.8 Å². The summed E-state index contributed by atoms with van der Waals surface area (Å²) in [6.45, 7) is 5.75. The van der Waals surface area contributed by atoms with Gasteiger partial charge in [0.1, 0.15) is 17.4 Å². The van der Waals surface area contributed by atoms with Crippen LogP contribution in [0.15, 0.2) is 48.0 Å². The molecular weight excluding hydrogens is 460 g/mol. The van der Waals surface area contributed by atoms with Gasteiger partial charge in [-0.2, -0.15) is 0 Å². The molecule has 1 aliphatic heterocycles. The molecule has 178 valence electrons. The third kappa shape index (κ3) is 5.52. The van der Waals surface area contributed by atoms with Gasteiger partial charge in [-0.15, -0.1) is 0 Å². The Morgan fingerprint density at radius 2 is 1.76 bits per heavy atom. The van der Waals surface area contributed by atoms with E-state index < -0.39 is 23.9 Å². The fourth-order valence-electron chi connectivity index (χ4n) is 3.14. The predicted octanol–water partition coefficient (Wildman–Crippen LogP) is 1.83. The highest BCUT2D eigenvalue weighted by Crippen LogP contribution is 2.31. The van der Waals surface area contributed by atoms with E-state index in [0.29, 0.717) is 23.6 Å². The van der Waals surface area contributed by atoms with Crippen LogP contribution >= 0.6 is 12.2 Å². The van der Waals surface area contributed by atoms with E-state index in [0.717, 1.165) is 0 Å². The van der Waals surface area contributed by atoms with E-state index >= 15 is 0 Å². The van der Waals surface area contributed by atoms with Gasteiger partial charge in [0, 0.05) is 0 Å². The molecule has 0 aromatic heterocycles. The van der Waals surface area contributed by atoms with Crippen molar-refractivity contribution in [2.75, 3.05) is 18.1 Å². The summed E-state index contributed by atoms with van der Waals surface area (Å²) in [7, 11) is 0. The van der Waals surface area contributed by atoms with E-state index in [1.54, 1.807) is 43.3 Å². The van der Waals surface area contributed by atoms with Crippen molar-refractivity contribution in [2.45, 2.75) is 26.9 Å². The zero-order valence-corrected chi connectivity index (χ0v) is 19.6. The quantitative estimate of drug-likeness (QED) is 0.326. The van der Waals surface area contributed by atoms with Gasteiger partial charge >= 0.3 is 0 Å². The summed E-state index contributed by atoms with van der Waals surface area (Å²) in [5, 5.41) is 13.5. The standard InChI is InChI=1S/C24H24N2O7S/c1-4-31-17-9-7-16(8-10-17)26-22(28)18(21(27)25-24(26)34)12-15-6-11-19(20(13-15)32-5-2)33-14(3)23(29)30/h6-14H,4-5H2,1-3H3,(H,29,30)(H,25,27,34)/p-1/b18-12-/t14-/m0/s1. The fourth-order valence-corrected chi connectivity index (χ4v) is 3.42. The second-order valence-corrected chi connectivity index (χ2v) is 7.49. The molecule has 0 radical (unpaired) electrons. The molecule has 2 aromatic rings. The number of hydrogen-bond acceptors (Lipinski definition) is 8. The minimum atomic E-state index is -1.37. The molecule has 0 spiro atoms. The van der Waals surface area contributed by atoms with Crippen LogP contribution in [0.4, 0.5) is 5.69 Å². The number of ether oxygens (including phenoxy) is 3. The van der Waals surface area contributed by atoms with Crippen molar-refractivity contribution in [3.8, 4) is 17.2 Å². The topological polar surface area (TPSA) is 117 Å². The Morgan fingerprint density at radius 1 is 1.09 bits per heavy atom. The number of anilines is 1. The normalized spacial score (nSPS) is 15.7. The van der Waals surface area contributed by atoms with Crippen LogP contribution in [0.1, 0.15) is 26.3 Å². The number of nitrogens with zero attached hydrogens (tertiary/aromatic N) is 1. The zero-order valence-electron chi connectivity index (χ0n) is 18.8. The number of nitrogens with one attached hydrogen (secondary N) is 1. The first kappa shape index (κ1) is 24.7. The molecule has 3 rings (SSSR count). The van der Waals surface area contributed by atoms with Crippen LogP contribution in [0.3, 0.4) is 0 Å². The maximum Gasteiger partial charge on any atom is 0.270 e. The largest absolute Gasteiger partial charge is 0.546 e. The van der Waals surface area contributed by atoms with Gasteiger partial charge in [-0.1, -0.05) is 6.07 Å². The van der Waals surface area contributed by atoms with Gasteiger partial charge < -0.3 is 24.1 Å². The summed E-state index contributed by atoms with van der Waals surface area (Å²) in [4.78, 5) is 38.0. The summed E-state index contributed by atoms with van der Waals surface area (Å²) < 4.78 is 16.3. The molecule has 0 bridgehead atoms. The predicted molar refractivity (Wildman–Crippen MR) is 127 cm³/mol. The molecule has 1 saturated heterocycles. The molecular formula is C24H23N2O7S-.